The van der Waals surface area contributed by atoms with E-state index in [0.717, 1.165) is 0 Å². The predicted octanol–water partition coefficient (Wildman–Crippen LogP) is 5.36. The molecule has 1 heterocycles. The van der Waals surface area contributed by atoms with Crippen LogP contribution in [0.25, 0.3) is 11.3 Å². The third-order valence-corrected chi connectivity index (χ3v) is 4.61. The van der Waals surface area contributed by atoms with Crippen molar-refractivity contribution in [3.63, 3.8) is 0 Å². The Morgan fingerprint density at radius 2 is 1.83 bits per heavy atom. The Labute approximate surface area is 183 Å². The lowest BCUT2D eigenvalue weighted by atomic mass is 10.2. The SMILES string of the molecule is CCNC(=O)Nc1cccc(NC(=O)CCc2ncc(-c3ccc(Cl)cc3Cl)o2)c1. The fourth-order valence-corrected chi connectivity index (χ4v) is 3.20. The monoisotopic (exact) mass is 446 g/mol. The molecule has 0 saturated carbocycles. The highest BCUT2D eigenvalue weighted by Gasteiger charge is 2.12. The molecule has 3 N–H and O–H groups in total. The van der Waals surface area contributed by atoms with Crippen molar-refractivity contribution in [1.29, 1.82) is 0 Å². The van der Waals surface area contributed by atoms with Crippen LogP contribution in [0.15, 0.2) is 53.1 Å². The number of amides is 3. The van der Waals surface area contributed by atoms with Gasteiger partial charge in [0.05, 0.1) is 11.2 Å². The maximum Gasteiger partial charge on any atom is 0.319 e. The van der Waals surface area contributed by atoms with Crippen LogP contribution in [0.3, 0.4) is 0 Å². The summed E-state index contributed by atoms with van der Waals surface area (Å²) < 4.78 is 5.70. The number of aromatic nitrogens is 1. The van der Waals surface area contributed by atoms with Crippen molar-refractivity contribution in [2.45, 2.75) is 19.8 Å². The molecule has 3 rings (SSSR count). The second-order valence-corrected chi connectivity index (χ2v) is 7.20. The standard InChI is InChI=1S/C21H20Cl2N4O3/c1-2-24-21(29)27-15-5-3-4-14(11-15)26-19(28)8-9-20-25-12-18(30-20)16-7-6-13(22)10-17(16)23/h3-7,10-12H,2,8-9H2,1H3,(H,26,28)(H2,24,27,29). The molecule has 30 heavy (non-hydrogen) atoms. The first-order valence-corrected chi connectivity index (χ1v) is 10.0. The zero-order valence-corrected chi connectivity index (χ0v) is 17.7. The highest BCUT2D eigenvalue weighted by Crippen LogP contribution is 2.30. The van der Waals surface area contributed by atoms with Crippen LogP contribution in [0.2, 0.25) is 10.0 Å². The summed E-state index contributed by atoms with van der Waals surface area (Å²) in [6.07, 6.45) is 2.08. The molecule has 2 aromatic carbocycles. The average Bonchev–Trinajstić information content (AvgIpc) is 3.15. The number of nitrogens with one attached hydrogen (secondary N) is 3. The third kappa shape index (κ3) is 5.98. The van der Waals surface area contributed by atoms with Crippen LogP contribution in [0, 0.1) is 0 Å². The van der Waals surface area contributed by atoms with Gasteiger partial charge >= 0.3 is 6.03 Å². The van der Waals surface area contributed by atoms with Gasteiger partial charge in [-0.1, -0.05) is 29.3 Å². The molecule has 0 atom stereocenters. The number of rotatable bonds is 7. The molecular formula is C21H20Cl2N4O3. The summed E-state index contributed by atoms with van der Waals surface area (Å²) in [4.78, 5) is 28.1. The van der Waals surface area contributed by atoms with Crippen molar-refractivity contribution in [1.82, 2.24) is 10.3 Å². The molecule has 0 aliphatic carbocycles. The van der Waals surface area contributed by atoms with Crippen molar-refractivity contribution >= 4 is 46.5 Å². The lowest BCUT2D eigenvalue weighted by molar-refractivity contribution is -0.116. The van der Waals surface area contributed by atoms with Gasteiger partial charge in [0.2, 0.25) is 5.91 Å². The quantitative estimate of drug-likeness (QED) is 0.454. The second kappa shape index (κ2) is 10.1. The molecule has 156 valence electrons. The highest BCUT2D eigenvalue weighted by molar-refractivity contribution is 6.36. The summed E-state index contributed by atoms with van der Waals surface area (Å²) >= 11 is 12.1. The number of benzene rings is 2. The van der Waals surface area contributed by atoms with Crippen LogP contribution in [-0.2, 0) is 11.2 Å². The van der Waals surface area contributed by atoms with Crippen LogP contribution in [0.4, 0.5) is 16.2 Å². The number of hydrogen-bond donors (Lipinski definition) is 3. The average molecular weight is 447 g/mol. The maximum absolute atomic E-state index is 12.3. The number of nitrogens with zero attached hydrogens (tertiary/aromatic N) is 1. The number of aryl methyl sites for hydroxylation is 1. The van der Waals surface area contributed by atoms with Gasteiger partial charge in [-0.2, -0.15) is 0 Å². The van der Waals surface area contributed by atoms with E-state index in [9.17, 15) is 9.59 Å². The molecule has 3 aromatic rings. The fourth-order valence-electron chi connectivity index (χ4n) is 2.69. The zero-order chi connectivity index (χ0) is 21.5. The van der Waals surface area contributed by atoms with Crippen LogP contribution in [0.5, 0.6) is 0 Å². The van der Waals surface area contributed by atoms with Crippen molar-refractivity contribution in [3.8, 4) is 11.3 Å². The van der Waals surface area contributed by atoms with Gasteiger partial charge in [0.15, 0.2) is 11.7 Å². The first kappa shape index (κ1) is 21.7. The number of anilines is 2. The lowest BCUT2D eigenvalue weighted by Gasteiger charge is -2.09. The number of carbonyl (C=O) groups is 2. The molecule has 0 unspecified atom stereocenters. The van der Waals surface area contributed by atoms with Gasteiger partial charge in [-0.3, -0.25) is 4.79 Å². The lowest BCUT2D eigenvalue weighted by Crippen LogP contribution is -2.28. The Morgan fingerprint density at radius 3 is 2.57 bits per heavy atom. The zero-order valence-electron chi connectivity index (χ0n) is 16.2. The number of hydrogen-bond acceptors (Lipinski definition) is 4. The fraction of sp³-hybridized carbons (Fsp3) is 0.190. The Bertz CT molecular complexity index is 1050. The van der Waals surface area contributed by atoms with E-state index in [1.807, 2.05) is 6.92 Å². The molecule has 0 fully saturated rings. The van der Waals surface area contributed by atoms with Gasteiger partial charge in [-0.15, -0.1) is 0 Å². The number of urea groups is 1. The molecule has 3 amide bonds. The molecule has 9 heteroatoms. The molecule has 0 saturated heterocycles. The number of halogens is 2. The van der Waals surface area contributed by atoms with Crippen LogP contribution >= 0.6 is 23.2 Å². The molecule has 7 nitrogen and oxygen atoms in total. The van der Waals surface area contributed by atoms with Gasteiger partial charge < -0.3 is 20.4 Å². The molecule has 0 radical (unpaired) electrons. The van der Waals surface area contributed by atoms with E-state index in [-0.39, 0.29) is 18.4 Å². The van der Waals surface area contributed by atoms with E-state index in [0.29, 0.717) is 51.6 Å². The van der Waals surface area contributed by atoms with Gasteiger partial charge in [0.1, 0.15) is 0 Å². The topological polar surface area (TPSA) is 96.3 Å². The minimum atomic E-state index is -0.304. The van der Waals surface area contributed by atoms with Crippen molar-refractivity contribution in [2.75, 3.05) is 17.2 Å². The van der Waals surface area contributed by atoms with Gasteiger partial charge in [0.25, 0.3) is 0 Å². The summed E-state index contributed by atoms with van der Waals surface area (Å²) in [5.74, 6) is 0.739. The van der Waals surface area contributed by atoms with E-state index in [1.54, 1.807) is 48.7 Å². The number of carbonyl (C=O) groups excluding carboxylic acids is 2. The summed E-state index contributed by atoms with van der Waals surface area (Å²) in [5, 5.41) is 9.13. The molecule has 1 aromatic heterocycles. The summed E-state index contributed by atoms with van der Waals surface area (Å²) in [5.41, 5.74) is 1.84. The van der Waals surface area contributed by atoms with Crippen molar-refractivity contribution < 1.29 is 14.0 Å². The highest BCUT2D eigenvalue weighted by atomic mass is 35.5. The first-order valence-electron chi connectivity index (χ1n) is 9.29. The van der Waals surface area contributed by atoms with Gasteiger partial charge in [-0.05, 0) is 43.3 Å². The first-order chi connectivity index (χ1) is 14.4. The largest absolute Gasteiger partial charge is 0.441 e. The van der Waals surface area contributed by atoms with Gasteiger partial charge in [0, 0.05) is 41.3 Å². The molecule has 0 bridgehead atoms. The van der Waals surface area contributed by atoms with Crippen molar-refractivity contribution in [2.24, 2.45) is 0 Å². The predicted molar refractivity (Wildman–Crippen MR) is 118 cm³/mol. The van der Waals surface area contributed by atoms with E-state index in [4.69, 9.17) is 27.6 Å². The third-order valence-electron chi connectivity index (χ3n) is 4.06. The van der Waals surface area contributed by atoms with E-state index < -0.39 is 0 Å². The van der Waals surface area contributed by atoms with Crippen LogP contribution < -0.4 is 16.0 Å². The summed E-state index contributed by atoms with van der Waals surface area (Å²) in [6.45, 7) is 2.35. The minimum absolute atomic E-state index is 0.183. The van der Waals surface area contributed by atoms with Crippen molar-refractivity contribution in [3.05, 3.63) is 64.6 Å². The smallest absolute Gasteiger partial charge is 0.319 e. The Kier molecular flexibility index (Phi) is 7.32. The molecule has 0 aliphatic rings. The summed E-state index contributed by atoms with van der Waals surface area (Å²) in [7, 11) is 0. The Balaban J connectivity index is 1.55. The van der Waals surface area contributed by atoms with Crippen LogP contribution in [0.1, 0.15) is 19.2 Å². The van der Waals surface area contributed by atoms with E-state index >= 15 is 0 Å². The van der Waals surface area contributed by atoms with E-state index in [2.05, 4.69) is 20.9 Å². The normalized spacial score (nSPS) is 10.5. The molecule has 0 aliphatic heterocycles. The maximum atomic E-state index is 12.3. The molecule has 0 spiro atoms. The second-order valence-electron chi connectivity index (χ2n) is 6.36. The molecular weight excluding hydrogens is 427 g/mol. The Morgan fingerprint density at radius 1 is 1.07 bits per heavy atom. The van der Waals surface area contributed by atoms with Crippen LogP contribution in [-0.4, -0.2) is 23.5 Å². The Hall–Kier alpha value is -3.03. The van der Waals surface area contributed by atoms with Gasteiger partial charge in [-0.25, -0.2) is 9.78 Å². The van der Waals surface area contributed by atoms with E-state index in [1.165, 1.54) is 0 Å². The minimum Gasteiger partial charge on any atom is -0.441 e. The summed E-state index contributed by atoms with van der Waals surface area (Å²) in [6, 6.07) is 11.7. The number of oxazole rings is 1.